The molecule has 0 unspecified atom stereocenters. The molecule has 0 aliphatic heterocycles. The van der Waals surface area contributed by atoms with Crippen LogP contribution in [-0.2, 0) is 4.79 Å². The molecule has 0 bridgehead atoms. The Balaban J connectivity index is 2.64. The van der Waals surface area contributed by atoms with Gasteiger partial charge in [-0.1, -0.05) is 48.8 Å². The number of nitriles is 1. The Morgan fingerprint density at radius 2 is 1.90 bits per heavy atom. The van der Waals surface area contributed by atoms with Crippen LogP contribution in [0, 0.1) is 17.2 Å². The maximum Gasteiger partial charge on any atom is 0.346 e. The molecule has 1 fully saturated rings. The molecule has 106 valence electrons. The monoisotopic (exact) mass is 271 g/mol. The smallest absolute Gasteiger partial charge is 0.346 e. The lowest BCUT2D eigenvalue weighted by molar-refractivity contribution is -0.132. The third-order valence-electron chi connectivity index (χ3n) is 3.46. The summed E-state index contributed by atoms with van der Waals surface area (Å²) in [6.07, 6.45) is 14.9. The largest absolute Gasteiger partial charge is 0.477 e. The predicted octanol–water partition coefficient (Wildman–Crippen LogP) is 4.16. The lowest BCUT2D eigenvalue weighted by atomic mass is 10.1. The summed E-state index contributed by atoms with van der Waals surface area (Å²) in [4.78, 5) is 10.8. The van der Waals surface area contributed by atoms with Crippen LogP contribution in [0.3, 0.4) is 0 Å². The molecule has 1 N–H and O–H groups in total. The molecule has 0 radical (unpaired) electrons. The van der Waals surface area contributed by atoms with Crippen molar-refractivity contribution >= 4 is 5.97 Å². The van der Waals surface area contributed by atoms with E-state index in [1.165, 1.54) is 25.7 Å². The van der Waals surface area contributed by atoms with Crippen LogP contribution in [0.1, 0.15) is 39.5 Å². The minimum atomic E-state index is -1.18. The lowest BCUT2D eigenvalue weighted by Crippen LogP contribution is -1.99. The summed E-state index contributed by atoms with van der Waals surface area (Å²) in [7, 11) is 0. The van der Waals surface area contributed by atoms with Gasteiger partial charge in [0.1, 0.15) is 11.6 Å². The van der Waals surface area contributed by atoms with Crippen LogP contribution in [0.15, 0.2) is 47.1 Å². The van der Waals surface area contributed by atoms with Gasteiger partial charge in [-0.15, -0.1) is 0 Å². The minimum absolute atomic E-state index is 0.214. The first-order chi connectivity index (χ1) is 9.54. The van der Waals surface area contributed by atoms with Crippen molar-refractivity contribution < 1.29 is 9.90 Å². The van der Waals surface area contributed by atoms with Gasteiger partial charge in [-0.25, -0.2) is 4.79 Å². The van der Waals surface area contributed by atoms with Gasteiger partial charge < -0.3 is 5.11 Å². The summed E-state index contributed by atoms with van der Waals surface area (Å²) in [5, 5.41) is 17.5. The first-order valence-corrected chi connectivity index (χ1v) is 6.92. The number of carboxylic acids is 1. The van der Waals surface area contributed by atoms with Gasteiger partial charge in [0.2, 0.25) is 0 Å². The van der Waals surface area contributed by atoms with Gasteiger partial charge in [0.15, 0.2) is 0 Å². The van der Waals surface area contributed by atoms with Gasteiger partial charge in [-0.2, -0.15) is 5.26 Å². The lowest BCUT2D eigenvalue weighted by Gasteiger charge is -1.99. The third-order valence-corrected chi connectivity index (χ3v) is 3.46. The Morgan fingerprint density at radius 3 is 2.45 bits per heavy atom. The molecule has 0 aromatic heterocycles. The molecule has 0 spiro atoms. The zero-order chi connectivity index (χ0) is 15.0. The molecule has 0 heterocycles. The molecule has 1 aliphatic rings. The second kappa shape index (κ2) is 8.16. The number of hydrogen-bond donors (Lipinski definition) is 1. The SMILES string of the molecule is CC(/C=C/C=C(C)/C=C/C1CCCC1)=C(\C#N)C(=O)O. The predicted molar refractivity (Wildman–Crippen MR) is 79.9 cm³/mol. The first-order valence-electron chi connectivity index (χ1n) is 6.92. The van der Waals surface area contributed by atoms with Gasteiger partial charge in [-0.05, 0) is 38.2 Å². The van der Waals surface area contributed by atoms with Crippen LogP contribution in [0.5, 0.6) is 0 Å². The minimum Gasteiger partial charge on any atom is -0.477 e. The van der Waals surface area contributed by atoms with E-state index in [9.17, 15) is 4.79 Å². The van der Waals surface area contributed by atoms with E-state index in [1.807, 2.05) is 13.0 Å². The number of carboxylic acid groups (broad SMARTS) is 1. The van der Waals surface area contributed by atoms with Crippen LogP contribution in [0.2, 0.25) is 0 Å². The fourth-order valence-corrected chi connectivity index (χ4v) is 2.23. The van der Waals surface area contributed by atoms with Gasteiger partial charge in [0, 0.05) is 0 Å². The van der Waals surface area contributed by atoms with E-state index in [0.29, 0.717) is 11.5 Å². The van der Waals surface area contributed by atoms with Crippen LogP contribution >= 0.6 is 0 Å². The summed E-state index contributed by atoms with van der Waals surface area (Å²) in [5.41, 5.74) is 1.37. The molecule has 0 amide bonds. The molecular formula is C17H21NO2. The zero-order valence-corrected chi connectivity index (χ0v) is 12.1. The van der Waals surface area contributed by atoms with Crippen LogP contribution in [-0.4, -0.2) is 11.1 Å². The van der Waals surface area contributed by atoms with Crippen molar-refractivity contribution in [3.8, 4) is 6.07 Å². The van der Waals surface area contributed by atoms with E-state index in [-0.39, 0.29) is 5.57 Å². The average molecular weight is 271 g/mol. The van der Waals surface area contributed by atoms with Crippen molar-refractivity contribution in [2.45, 2.75) is 39.5 Å². The van der Waals surface area contributed by atoms with E-state index in [4.69, 9.17) is 10.4 Å². The molecule has 1 aliphatic carbocycles. The van der Waals surface area contributed by atoms with E-state index < -0.39 is 5.97 Å². The van der Waals surface area contributed by atoms with Gasteiger partial charge in [0.25, 0.3) is 0 Å². The van der Waals surface area contributed by atoms with Crippen molar-refractivity contribution in [1.29, 1.82) is 5.26 Å². The Labute approximate surface area is 120 Å². The van der Waals surface area contributed by atoms with Crippen molar-refractivity contribution in [2.75, 3.05) is 0 Å². The summed E-state index contributed by atoms with van der Waals surface area (Å²) in [5.74, 6) is -0.474. The number of carbonyl (C=O) groups is 1. The van der Waals surface area contributed by atoms with Crippen LogP contribution in [0.25, 0.3) is 0 Å². The number of allylic oxidation sites excluding steroid dienone is 7. The van der Waals surface area contributed by atoms with E-state index in [1.54, 1.807) is 25.1 Å². The molecule has 3 nitrogen and oxygen atoms in total. The second-order valence-electron chi connectivity index (χ2n) is 5.15. The Morgan fingerprint density at radius 1 is 1.25 bits per heavy atom. The van der Waals surface area contributed by atoms with E-state index >= 15 is 0 Å². The second-order valence-corrected chi connectivity index (χ2v) is 5.15. The van der Waals surface area contributed by atoms with Gasteiger partial charge in [0.05, 0.1) is 0 Å². The molecule has 0 saturated heterocycles. The summed E-state index contributed by atoms with van der Waals surface area (Å²) >= 11 is 0. The van der Waals surface area contributed by atoms with E-state index in [2.05, 4.69) is 12.2 Å². The van der Waals surface area contributed by atoms with Crippen molar-refractivity contribution in [3.05, 3.63) is 47.1 Å². The third kappa shape index (κ3) is 5.27. The van der Waals surface area contributed by atoms with Crippen LogP contribution < -0.4 is 0 Å². The molecule has 1 rings (SSSR count). The van der Waals surface area contributed by atoms with Crippen LogP contribution in [0.4, 0.5) is 0 Å². The number of aliphatic carboxylic acids is 1. The number of rotatable bonds is 5. The zero-order valence-electron chi connectivity index (χ0n) is 12.1. The standard InChI is InChI=1S/C17H21NO2/c1-13(10-11-15-8-3-4-9-15)6-5-7-14(2)16(12-18)17(19)20/h5-7,10-11,15H,3-4,8-9H2,1-2H3,(H,19,20)/b7-5+,11-10+,13-6+,16-14-. The summed E-state index contributed by atoms with van der Waals surface area (Å²) in [6, 6.07) is 1.70. The maximum absolute atomic E-state index is 10.8. The fraction of sp³-hybridized carbons (Fsp3) is 0.412. The fourth-order valence-electron chi connectivity index (χ4n) is 2.23. The van der Waals surface area contributed by atoms with Crippen molar-refractivity contribution in [1.82, 2.24) is 0 Å². The Kier molecular flexibility index (Phi) is 6.52. The molecule has 0 aromatic rings. The highest BCUT2D eigenvalue weighted by Crippen LogP contribution is 2.25. The summed E-state index contributed by atoms with van der Waals surface area (Å²) < 4.78 is 0. The van der Waals surface area contributed by atoms with Gasteiger partial charge in [-0.3, -0.25) is 0 Å². The quantitative estimate of drug-likeness (QED) is 0.464. The highest BCUT2D eigenvalue weighted by atomic mass is 16.4. The molecule has 0 atom stereocenters. The Bertz CT molecular complexity index is 510. The highest BCUT2D eigenvalue weighted by Gasteiger charge is 2.10. The highest BCUT2D eigenvalue weighted by molar-refractivity contribution is 5.92. The Hall–Kier alpha value is -2.08. The molecule has 1 saturated carbocycles. The summed E-state index contributed by atoms with van der Waals surface area (Å²) in [6.45, 7) is 3.64. The number of nitrogens with zero attached hydrogens (tertiary/aromatic N) is 1. The maximum atomic E-state index is 10.8. The van der Waals surface area contributed by atoms with Gasteiger partial charge >= 0.3 is 5.97 Å². The molecule has 20 heavy (non-hydrogen) atoms. The number of hydrogen-bond acceptors (Lipinski definition) is 2. The topological polar surface area (TPSA) is 61.1 Å². The van der Waals surface area contributed by atoms with Crippen molar-refractivity contribution in [3.63, 3.8) is 0 Å². The molecule has 3 heteroatoms. The van der Waals surface area contributed by atoms with E-state index in [0.717, 1.165) is 5.57 Å². The average Bonchev–Trinajstić information content (AvgIpc) is 2.89. The first kappa shape index (κ1) is 16.0. The molecular weight excluding hydrogens is 250 g/mol. The normalized spacial score (nSPS) is 18.6. The van der Waals surface area contributed by atoms with Crippen molar-refractivity contribution in [2.24, 2.45) is 5.92 Å². The molecule has 0 aromatic carbocycles.